The number of carbonyl (C=O) groups is 1. The molecule has 1 amide bonds. The second kappa shape index (κ2) is 7.14. The van der Waals surface area contributed by atoms with Crippen molar-refractivity contribution in [2.24, 2.45) is 5.92 Å². The van der Waals surface area contributed by atoms with Crippen LogP contribution in [0.5, 0.6) is 0 Å². The van der Waals surface area contributed by atoms with E-state index in [1.165, 1.54) is 12.1 Å². The number of rotatable bonds is 3. The molecule has 0 saturated heterocycles. The van der Waals surface area contributed by atoms with E-state index in [0.29, 0.717) is 24.7 Å². The summed E-state index contributed by atoms with van der Waals surface area (Å²) in [6, 6.07) is 12.9. The van der Waals surface area contributed by atoms with Gasteiger partial charge in [-0.05, 0) is 18.1 Å². The molecular formula is C21H20F2N4O. The molecular weight excluding hydrogens is 362 g/mol. The van der Waals surface area contributed by atoms with Crippen molar-refractivity contribution in [3.05, 3.63) is 71.6 Å². The van der Waals surface area contributed by atoms with Gasteiger partial charge in [-0.25, -0.2) is 18.4 Å². The van der Waals surface area contributed by atoms with E-state index in [1.807, 2.05) is 44.2 Å². The third kappa shape index (κ3) is 3.06. The summed E-state index contributed by atoms with van der Waals surface area (Å²) in [7, 11) is 0. The number of benzene rings is 2. The van der Waals surface area contributed by atoms with Crippen molar-refractivity contribution in [2.45, 2.75) is 26.4 Å². The number of hydrogen-bond acceptors (Lipinski definition) is 3. The van der Waals surface area contributed by atoms with E-state index in [-0.39, 0.29) is 17.5 Å². The molecule has 1 atom stereocenters. The summed E-state index contributed by atoms with van der Waals surface area (Å²) in [5.41, 5.74) is 0.628. The van der Waals surface area contributed by atoms with Gasteiger partial charge in [-0.3, -0.25) is 4.79 Å². The molecule has 0 N–H and O–H groups in total. The van der Waals surface area contributed by atoms with Crippen LogP contribution < -0.4 is 0 Å². The second-order valence-electron chi connectivity index (χ2n) is 7.17. The number of aromatic nitrogens is 3. The quantitative estimate of drug-likeness (QED) is 0.686. The van der Waals surface area contributed by atoms with Crippen LogP contribution in [0.1, 0.15) is 36.1 Å². The molecule has 2 aromatic carbocycles. The highest BCUT2D eigenvalue weighted by molar-refractivity contribution is 5.94. The van der Waals surface area contributed by atoms with Crippen molar-refractivity contribution in [1.82, 2.24) is 19.7 Å². The zero-order valence-corrected chi connectivity index (χ0v) is 15.6. The molecule has 28 heavy (non-hydrogen) atoms. The van der Waals surface area contributed by atoms with Gasteiger partial charge in [0.1, 0.15) is 0 Å². The van der Waals surface area contributed by atoms with Crippen LogP contribution in [-0.2, 0) is 6.54 Å². The van der Waals surface area contributed by atoms with Crippen LogP contribution in [0.2, 0.25) is 0 Å². The van der Waals surface area contributed by atoms with Gasteiger partial charge in [0.25, 0.3) is 5.91 Å². The van der Waals surface area contributed by atoms with Crippen LogP contribution >= 0.6 is 0 Å². The molecule has 7 heteroatoms. The number of fused-ring (bicyclic) bond motifs is 1. The standard InChI is InChI=1S/C21H20F2N4O/c1-13(2)18-20-24-19(14-7-4-3-5-8-14)25-27(20)12-11-26(18)21(28)15-9-6-10-16(22)17(15)23/h3-10,13,18H,11-12H2,1-2H3/t18-/m0/s1. The monoisotopic (exact) mass is 382 g/mol. The molecule has 1 aromatic heterocycles. The van der Waals surface area contributed by atoms with Gasteiger partial charge in [0.2, 0.25) is 0 Å². The smallest absolute Gasteiger partial charge is 0.257 e. The molecule has 0 fully saturated rings. The van der Waals surface area contributed by atoms with Crippen LogP contribution in [0.4, 0.5) is 8.78 Å². The molecule has 144 valence electrons. The molecule has 0 radical (unpaired) electrons. The minimum atomic E-state index is -1.12. The fraction of sp³-hybridized carbons (Fsp3) is 0.286. The van der Waals surface area contributed by atoms with Gasteiger partial charge in [0.15, 0.2) is 23.3 Å². The highest BCUT2D eigenvalue weighted by atomic mass is 19.2. The molecule has 0 spiro atoms. The number of carbonyl (C=O) groups excluding carboxylic acids is 1. The van der Waals surface area contributed by atoms with Crippen molar-refractivity contribution < 1.29 is 13.6 Å². The number of halogens is 2. The van der Waals surface area contributed by atoms with E-state index in [9.17, 15) is 13.6 Å². The van der Waals surface area contributed by atoms with E-state index >= 15 is 0 Å². The predicted molar refractivity (Wildman–Crippen MR) is 100 cm³/mol. The van der Waals surface area contributed by atoms with Crippen molar-refractivity contribution in [1.29, 1.82) is 0 Å². The van der Waals surface area contributed by atoms with E-state index < -0.39 is 17.5 Å². The Morgan fingerprint density at radius 2 is 1.82 bits per heavy atom. The van der Waals surface area contributed by atoms with E-state index in [2.05, 4.69) is 10.1 Å². The van der Waals surface area contributed by atoms with Gasteiger partial charge in [0, 0.05) is 12.1 Å². The lowest BCUT2D eigenvalue weighted by atomic mass is 9.98. The third-order valence-electron chi connectivity index (χ3n) is 4.96. The molecule has 2 heterocycles. The Morgan fingerprint density at radius 1 is 1.07 bits per heavy atom. The first-order valence-corrected chi connectivity index (χ1v) is 9.22. The number of amides is 1. The van der Waals surface area contributed by atoms with E-state index in [0.717, 1.165) is 11.6 Å². The zero-order valence-electron chi connectivity index (χ0n) is 15.6. The van der Waals surface area contributed by atoms with Crippen LogP contribution in [0, 0.1) is 17.6 Å². The molecule has 3 aromatic rings. The van der Waals surface area contributed by atoms with Gasteiger partial charge in [-0.2, -0.15) is 5.10 Å². The Morgan fingerprint density at radius 3 is 2.54 bits per heavy atom. The highest BCUT2D eigenvalue weighted by Gasteiger charge is 2.37. The predicted octanol–water partition coefficient (Wildman–Crippen LogP) is 4.08. The van der Waals surface area contributed by atoms with Gasteiger partial charge < -0.3 is 4.90 Å². The lowest BCUT2D eigenvalue weighted by Gasteiger charge is -2.37. The van der Waals surface area contributed by atoms with Crippen molar-refractivity contribution in [3.63, 3.8) is 0 Å². The average molecular weight is 382 g/mol. The minimum absolute atomic E-state index is 0.0208. The van der Waals surface area contributed by atoms with E-state index in [4.69, 9.17) is 0 Å². The SMILES string of the molecule is CC(C)[C@H]1c2nc(-c3ccccc3)nn2CCN1C(=O)c1cccc(F)c1F. The molecule has 4 rings (SSSR count). The first-order valence-electron chi connectivity index (χ1n) is 9.22. The van der Waals surface area contributed by atoms with Crippen molar-refractivity contribution >= 4 is 5.91 Å². The Kier molecular flexibility index (Phi) is 4.66. The summed E-state index contributed by atoms with van der Waals surface area (Å²) in [6.45, 7) is 4.74. The summed E-state index contributed by atoms with van der Waals surface area (Å²) < 4.78 is 29.6. The third-order valence-corrected chi connectivity index (χ3v) is 4.96. The van der Waals surface area contributed by atoms with Crippen LogP contribution in [-0.4, -0.2) is 32.1 Å². The summed E-state index contributed by atoms with van der Waals surface area (Å²) in [5, 5.41) is 4.59. The molecule has 1 aliphatic rings. The van der Waals surface area contributed by atoms with Gasteiger partial charge in [-0.15, -0.1) is 0 Å². The fourth-order valence-corrected chi connectivity index (χ4v) is 3.64. The molecule has 0 aliphatic carbocycles. The Hall–Kier alpha value is -3.09. The summed E-state index contributed by atoms with van der Waals surface area (Å²) in [6.07, 6.45) is 0. The summed E-state index contributed by atoms with van der Waals surface area (Å²) in [5.74, 6) is -1.41. The van der Waals surface area contributed by atoms with Crippen molar-refractivity contribution in [3.8, 4) is 11.4 Å². The van der Waals surface area contributed by atoms with Crippen LogP contribution in [0.3, 0.4) is 0 Å². The molecule has 0 bridgehead atoms. The highest BCUT2D eigenvalue weighted by Crippen LogP contribution is 2.33. The maximum atomic E-state index is 14.2. The topological polar surface area (TPSA) is 51.0 Å². The fourth-order valence-electron chi connectivity index (χ4n) is 3.64. The number of nitrogens with zero attached hydrogens (tertiary/aromatic N) is 4. The van der Waals surface area contributed by atoms with Gasteiger partial charge in [-0.1, -0.05) is 50.2 Å². The second-order valence-corrected chi connectivity index (χ2v) is 7.17. The summed E-state index contributed by atoms with van der Waals surface area (Å²) >= 11 is 0. The van der Waals surface area contributed by atoms with E-state index in [1.54, 1.807) is 9.58 Å². The van der Waals surface area contributed by atoms with Crippen LogP contribution in [0.25, 0.3) is 11.4 Å². The summed E-state index contributed by atoms with van der Waals surface area (Å²) in [4.78, 5) is 19.3. The average Bonchev–Trinajstić information content (AvgIpc) is 3.13. The van der Waals surface area contributed by atoms with Crippen molar-refractivity contribution in [2.75, 3.05) is 6.54 Å². The molecule has 0 saturated carbocycles. The molecule has 0 unspecified atom stereocenters. The van der Waals surface area contributed by atoms with Gasteiger partial charge in [0.05, 0.1) is 18.2 Å². The largest absolute Gasteiger partial charge is 0.326 e. The lowest BCUT2D eigenvalue weighted by molar-refractivity contribution is 0.0531. The maximum absolute atomic E-state index is 14.2. The minimum Gasteiger partial charge on any atom is -0.326 e. The molecule has 1 aliphatic heterocycles. The first kappa shape index (κ1) is 18.3. The Balaban J connectivity index is 1.73. The zero-order chi connectivity index (χ0) is 19.8. The lowest BCUT2D eigenvalue weighted by Crippen LogP contribution is -2.45. The Labute approximate surface area is 161 Å². The van der Waals surface area contributed by atoms with Gasteiger partial charge >= 0.3 is 0 Å². The first-order chi connectivity index (χ1) is 13.5. The number of hydrogen-bond donors (Lipinski definition) is 0. The molecule has 5 nitrogen and oxygen atoms in total. The Bertz CT molecular complexity index is 1020. The normalized spacial score (nSPS) is 16.3. The van der Waals surface area contributed by atoms with Crippen LogP contribution in [0.15, 0.2) is 48.5 Å². The maximum Gasteiger partial charge on any atom is 0.257 e.